The fourth-order valence-corrected chi connectivity index (χ4v) is 5.45. The Morgan fingerprint density at radius 1 is 0.696 bits per heavy atom. The van der Waals surface area contributed by atoms with Gasteiger partial charge in [-0.1, -0.05) is 48.5 Å². The second kappa shape index (κ2) is 5.53. The van der Waals surface area contributed by atoms with Crippen molar-refractivity contribution in [3.8, 4) is 0 Å². The zero-order valence-electron chi connectivity index (χ0n) is 12.4. The van der Waals surface area contributed by atoms with Crippen molar-refractivity contribution in [1.29, 1.82) is 0 Å². The van der Waals surface area contributed by atoms with Crippen molar-refractivity contribution in [1.82, 2.24) is 9.32 Å². The molecular formula is C19H15N2OP. The summed E-state index contributed by atoms with van der Waals surface area (Å²) in [6.45, 7) is 0. The van der Waals surface area contributed by atoms with Crippen LogP contribution < -0.4 is 10.6 Å². The third kappa shape index (κ3) is 2.21. The van der Waals surface area contributed by atoms with Gasteiger partial charge in [-0.15, -0.1) is 0 Å². The number of para-hydroxylation sites is 2. The molecule has 0 radical (unpaired) electrons. The van der Waals surface area contributed by atoms with Crippen molar-refractivity contribution in [2.24, 2.45) is 0 Å². The van der Waals surface area contributed by atoms with E-state index in [4.69, 9.17) is 0 Å². The van der Waals surface area contributed by atoms with Crippen LogP contribution in [-0.4, -0.2) is 9.32 Å². The second-order valence-electron chi connectivity index (χ2n) is 5.32. The van der Waals surface area contributed by atoms with Crippen LogP contribution in [0.4, 0.5) is 0 Å². The number of benzene rings is 3. The van der Waals surface area contributed by atoms with Crippen LogP contribution in [0.1, 0.15) is 0 Å². The lowest BCUT2D eigenvalue weighted by Gasteiger charge is -2.21. The SMILES string of the molecule is O=P(c1ccccc1)(c1ccccc1)n1cnc2ccccc21. The Morgan fingerprint density at radius 2 is 1.22 bits per heavy atom. The van der Waals surface area contributed by atoms with Gasteiger partial charge in [-0.3, -0.25) is 8.90 Å². The van der Waals surface area contributed by atoms with Crippen LogP contribution in [0.5, 0.6) is 0 Å². The summed E-state index contributed by atoms with van der Waals surface area (Å²) < 4.78 is 16.0. The number of rotatable bonds is 3. The summed E-state index contributed by atoms with van der Waals surface area (Å²) in [4.78, 5) is 4.43. The quantitative estimate of drug-likeness (QED) is 0.538. The Morgan fingerprint density at radius 3 is 1.83 bits per heavy atom. The fourth-order valence-electron chi connectivity index (χ4n) is 2.83. The van der Waals surface area contributed by atoms with Crippen molar-refractivity contribution in [2.45, 2.75) is 0 Å². The molecule has 0 N–H and O–H groups in total. The van der Waals surface area contributed by atoms with Gasteiger partial charge in [0.25, 0.3) is 0 Å². The molecule has 0 spiro atoms. The van der Waals surface area contributed by atoms with Crippen molar-refractivity contribution in [3.05, 3.63) is 91.3 Å². The molecule has 0 aliphatic rings. The van der Waals surface area contributed by atoms with Gasteiger partial charge in [0, 0.05) is 10.6 Å². The normalized spacial score (nSPS) is 11.7. The zero-order chi connectivity index (χ0) is 15.7. The van der Waals surface area contributed by atoms with Crippen LogP contribution in [0.2, 0.25) is 0 Å². The van der Waals surface area contributed by atoms with Crippen LogP contribution in [0, 0.1) is 0 Å². The third-order valence-corrected chi connectivity index (χ3v) is 6.87. The number of imidazole rings is 1. The highest BCUT2D eigenvalue weighted by Crippen LogP contribution is 2.46. The molecule has 3 aromatic carbocycles. The van der Waals surface area contributed by atoms with Gasteiger partial charge in [0.2, 0.25) is 7.29 Å². The largest absolute Gasteiger partial charge is 0.289 e. The van der Waals surface area contributed by atoms with Gasteiger partial charge < -0.3 is 0 Å². The summed E-state index contributed by atoms with van der Waals surface area (Å²) in [5.74, 6) is 0. The van der Waals surface area contributed by atoms with Gasteiger partial charge in [-0.2, -0.15) is 0 Å². The first-order chi connectivity index (χ1) is 11.3. The smallest absolute Gasteiger partial charge is 0.234 e. The summed E-state index contributed by atoms with van der Waals surface area (Å²) in [5.41, 5.74) is 1.73. The minimum Gasteiger partial charge on any atom is -0.289 e. The first-order valence-electron chi connectivity index (χ1n) is 7.44. The van der Waals surface area contributed by atoms with Gasteiger partial charge in [0.15, 0.2) is 0 Å². The molecule has 112 valence electrons. The molecule has 4 heteroatoms. The summed E-state index contributed by atoms with van der Waals surface area (Å²) >= 11 is 0. The van der Waals surface area contributed by atoms with Gasteiger partial charge in [0.1, 0.15) is 6.33 Å². The summed E-state index contributed by atoms with van der Waals surface area (Å²) in [7, 11) is -3.02. The van der Waals surface area contributed by atoms with Crippen LogP contribution >= 0.6 is 7.29 Å². The molecule has 3 nitrogen and oxygen atoms in total. The molecular weight excluding hydrogens is 303 g/mol. The van der Waals surface area contributed by atoms with E-state index < -0.39 is 7.29 Å². The second-order valence-corrected chi connectivity index (χ2v) is 7.94. The highest BCUT2D eigenvalue weighted by molar-refractivity contribution is 7.77. The molecule has 0 atom stereocenters. The molecule has 4 aromatic rings. The van der Waals surface area contributed by atoms with E-state index in [2.05, 4.69) is 4.98 Å². The van der Waals surface area contributed by atoms with E-state index in [-0.39, 0.29) is 0 Å². The summed E-state index contributed by atoms with van der Waals surface area (Å²) in [6.07, 6.45) is 1.69. The van der Waals surface area contributed by atoms with Crippen LogP contribution in [-0.2, 0) is 4.57 Å². The lowest BCUT2D eigenvalue weighted by molar-refractivity contribution is 0.582. The number of hydrogen-bond acceptors (Lipinski definition) is 2. The average molecular weight is 318 g/mol. The molecule has 0 saturated heterocycles. The Bertz CT molecular complexity index is 950. The molecule has 23 heavy (non-hydrogen) atoms. The predicted molar refractivity (Wildman–Crippen MR) is 94.9 cm³/mol. The Hall–Kier alpha value is -2.64. The van der Waals surface area contributed by atoms with Gasteiger partial charge in [-0.05, 0) is 36.4 Å². The van der Waals surface area contributed by atoms with Crippen molar-refractivity contribution < 1.29 is 4.57 Å². The topological polar surface area (TPSA) is 34.9 Å². The number of aromatic nitrogens is 2. The van der Waals surface area contributed by atoms with E-state index in [9.17, 15) is 4.57 Å². The average Bonchev–Trinajstić information content (AvgIpc) is 3.07. The first-order valence-corrected chi connectivity index (χ1v) is 9.10. The molecule has 4 rings (SSSR count). The van der Waals surface area contributed by atoms with Crippen LogP contribution in [0.15, 0.2) is 91.3 Å². The first kappa shape index (κ1) is 14.0. The number of fused-ring (bicyclic) bond motifs is 1. The Balaban J connectivity index is 2.06. The van der Waals surface area contributed by atoms with Crippen molar-refractivity contribution in [2.75, 3.05) is 0 Å². The maximum absolute atomic E-state index is 14.2. The maximum atomic E-state index is 14.2. The van der Waals surface area contributed by atoms with Gasteiger partial charge in [-0.25, -0.2) is 4.98 Å². The zero-order valence-corrected chi connectivity index (χ0v) is 13.3. The summed E-state index contributed by atoms with van der Waals surface area (Å²) in [5, 5.41) is 1.60. The highest BCUT2D eigenvalue weighted by Gasteiger charge is 2.30. The maximum Gasteiger partial charge on any atom is 0.234 e. The molecule has 0 fully saturated rings. The Kier molecular flexibility index (Phi) is 3.36. The predicted octanol–water partition coefficient (Wildman–Crippen LogP) is 3.81. The molecule has 0 saturated carbocycles. The molecule has 0 bridgehead atoms. The molecule has 1 heterocycles. The minimum atomic E-state index is -3.02. The molecule has 0 amide bonds. The monoisotopic (exact) mass is 318 g/mol. The summed E-state index contributed by atoms with van der Waals surface area (Å²) in [6, 6.07) is 27.0. The molecule has 0 unspecified atom stereocenters. The lowest BCUT2D eigenvalue weighted by Crippen LogP contribution is -2.21. The number of hydrogen-bond donors (Lipinski definition) is 0. The third-order valence-electron chi connectivity index (χ3n) is 3.95. The van der Waals surface area contributed by atoms with E-state index >= 15 is 0 Å². The van der Waals surface area contributed by atoms with E-state index in [1.807, 2.05) is 89.3 Å². The highest BCUT2D eigenvalue weighted by atomic mass is 31.2. The van der Waals surface area contributed by atoms with E-state index in [1.165, 1.54) is 0 Å². The Labute approximate surface area is 134 Å². The van der Waals surface area contributed by atoms with E-state index in [0.717, 1.165) is 21.6 Å². The fraction of sp³-hybridized carbons (Fsp3) is 0. The van der Waals surface area contributed by atoms with E-state index in [0.29, 0.717) is 0 Å². The molecule has 0 aliphatic heterocycles. The minimum absolute atomic E-state index is 0.800. The lowest BCUT2D eigenvalue weighted by atomic mass is 10.3. The standard InChI is InChI=1S/C19H15N2OP/c22-23(16-9-3-1-4-10-16,17-11-5-2-6-12-17)21-15-20-18-13-7-8-14-19(18)21/h1-15H. The number of nitrogens with zero attached hydrogens (tertiary/aromatic N) is 2. The van der Waals surface area contributed by atoms with Crippen LogP contribution in [0.3, 0.4) is 0 Å². The molecule has 1 aromatic heterocycles. The molecule has 0 aliphatic carbocycles. The van der Waals surface area contributed by atoms with E-state index in [1.54, 1.807) is 6.33 Å². The van der Waals surface area contributed by atoms with Crippen LogP contribution in [0.25, 0.3) is 11.0 Å². The van der Waals surface area contributed by atoms with Crippen molar-refractivity contribution >= 4 is 28.9 Å². The van der Waals surface area contributed by atoms with Gasteiger partial charge in [0.05, 0.1) is 11.0 Å². The van der Waals surface area contributed by atoms with Gasteiger partial charge >= 0.3 is 0 Å². The van der Waals surface area contributed by atoms with Crippen molar-refractivity contribution in [3.63, 3.8) is 0 Å².